The summed E-state index contributed by atoms with van der Waals surface area (Å²) < 4.78 is 0. The van der Waals surface area contributed by atoms with Crippen LogP contribution in [0.4, 0.5) is 0 Å². The van der Waals surface area contributed by atoms with E-state index >= 15 is 0 Å². The molecule has 0 radical (unpaired) electrons. The molecule has 0 saturated carbocycles. The van der Waals surface area contributed by atoms with Crippen molar-refractivity contribution in [1.82, 2.24) is 15.5 Å². The van der Waals surface area contributed by atoms with Gasteiger partial charge in [0.1, 0.15) is 0 Å². The summed E-state index contributed by atoms with van der Waals surface area (Å²) in [6.07, 6.45) is 1.59. The van der Waals surface area contributed by atoms with Gasteiger partial charge in [0.2, 0.25) is 11.8 Å². The van der Waals surface area contributed by atoms with Crippen LogP contribution in [0, 0.1) is 0 Å². The molecule has 2 amide bonds. The number of piperidine rings is 1. The van der Waals surface area contributed by atoms with E-state index in [0.29, 0.717) is 38.3 Å². The molecule has 0 aromatic heterocycles. The van der Waals surface area contributed by atoms with Crippen molar-refractivity contribution in [1.29, 1.82) is 0 Å². The Hall–Kier alpha value is -2.37. The number of carbonyl (C=O) groups is 2. The third kappa shape index (κ3) is 5.31. The van der Waals surface area contributed by atoms with Gasteiger partial charge in [-0.1, -0.05) is 44.2 Å². The molecule has 1 heterocycles. The van der Waals surface area contributed by atoms with Crippen LogP contribution >= 0.6 is 0 Å². The Morgan fingerprint density at radius 2 is 1.76 bits per heavy atom. The number of aliphatic imine (C=N–C) groups is 1. The number of carbonyl (C=O) groups excluding carboxylic acids is 2. The van der Waals surface area contributed by atoms with Gasteiger partial charge < -0.3 is 10.6 Å². The van der Waals surface area contributed by atoms with Crippen molar-refractivity contribution in [3.8, 4) is 0 Å². The number of rotatable bonds is 6. The first-order chi connectivity index (χ1) is 11.9. The summed E-state index contributed by atoms with van der Waals surface area (Å²) in [6.45, 7) is 5.93. The first-order valence-electron chi connectivity index (χ1n) is 8.77. The summed E-state index contributed by atoms with van der Waals surface area (Å²) in [5.74, 6) is 0.512. The van der Waals surface area contributed by atoms with Crippen molar-refractivity contribution in [2.75, 3.05) is 26.7 Å². The van der Waals surface area contributed by atoms with Crippen molar-refractivity contribution < 1.29 is 9.59 Å². The maximum Gasteiger partial charge on any atom is 0.229 e. The van der Waals surface area contributed by atoms with Gasteiger partial charge in [0.05, 0.1) is 0 Å². The summed E-state index contributed by atoms with van der Waals surface area (Å²) in [4.78, 5) is 29.1. The zero-order valence-electron chi connectivity index (χ0n) is 15.3. The minimum Gasteiger partial charge on any atom is -0.356 e. The Morgan fingerprint density at radius 3 is 2.36 bits per heavy atom. The fraction of sp³-hybridized carbons (Fsp3) is 0.526. The molecule has 2 N–H and O–H groups in total. The average Bonchev–Trinajstić information content (AvgIpc) is 2.61. The van der Waals surface area contributed by atoms with Gasteiger partial charge in [-0.2, -0.15) is 0 Å². The van der Waals surface area contributed by atoms with Crippen molar-refractivity contribution in [2.24, 2.45) is 4.99 Å². The Bertz CT molecular complexity index is 610. The Labute approximate surface area is 149 Å². The molecule has 0 spiro atoms. The normalized spacial score (nSPS) is 16.1. The molecule has 1 aromatic rings. The monoisotopic (exact) mass is 344 g/mol. The van der Waals surface area contributed by atoms with Crippen molar-refractivity contribution in [2.45, 2.75) is 38.5 Å². The Balaban J connectivity index is 1.81. The van der Waals surface area contributed by atoms with Gasteiger partial charge >= 0.3 is 0 Å². The highest BCUT2D eigenvalue weighted by Crippen LogP contribution is 2.21. The number of hydrogen-bond acceptors (Lipinski definition) is 3. The van der Waals surface area contributed by atoms with Crippen LogP contribution in [-0.2, 0) is 15.0 Å². The lowest BCUT2D eigenvalue weighted by Crippen LogP contribution is -2.48. The van der Waals surface area contributed by atoms with Crippen molar-refractivity contribution in [3.05, 3.63) is 35.9 Å². The van der Waals surface area contributed by atoms with Crippen LogP contribution in [0.15, 0.2) is 35.3 Å². The second-order valence-corrected chi connectivity index (χ2v) is 6.90. The highest BCUT2D eigenvalue weighted by molar-refractivity contribution is 5.97. The number of hydrogen-bond donors (Lipinski definition) is 2. The second-order valence-electron chi connectivity index (χ2n) is 6.90. The van der Waals surface area contributed by atoms with Crippen LogP contribution in [0.2, 0.25) is 0 Å². The quantitative estimate of drug-likeness (QED) is 0.468. The number of benzene rings is 1. The first kappa shape index (κ1) is 19.0. The Kier molecular flexibility index (Phi) is 6.56. The summed E-state index contributed by atoms with van der Waals surface area (Å²) in [5.41, 5.74) is 1.21. The smallest absolute Gasteiger partial charge is 0.229 e. The summed E-state index contributed by atoms with van der Waals surface area (Å²) >= 11 is 0. The molecule has 1 aromatic carbocycles. The van der Waals surface area contributed by atoms with Crippen LogP contribution in [-0.4, -0.2) is 49.4 Å². The van der Waals surface area contributed by atoms with E-state index in [1.54, 1.807) is 7.05 Å². The molecule has 6 heteroatoms. The van der Waals surface area contributed by atoms with Crippen LogP contribution < -0.4 is 10.6 Å². The lowest BCUT2D eigenvalue weighted by Gasteiger charge is -2.27. The average molecular weight is 344 g/mol. The topological polar surface area (TPSA) is 73.8 Å². The number of nitrogens with one attached hydrogen (secondary N) is 2. The molecule has 0 bridgehead atoms. The third-order valence-electron chi connectivity index (χ3n) is 4.49. The van der Waals surface area contributed by atoms with Gasteiger partial charge in [0, 0.05) is 44.9 Å². The minimum absolute atomic E-state index is 0.0440. The molecule has 136 valence electrons. The van der Waals surface area contributed by atoms with E-state index in [2.05, 4.69) is 41.6 Å². The predicted molar refractivity (Wildman–Crippen MR) is 99.4 cm³/mol. The SMILES string of the molecule is CN=C(NCCN1C(=O)CCCC1=O)NCC(C)(C)c1ccccc1. The fourth-order valence-corrected chi connectivity index (χ4v) is 2.85. The molecular weight excluding hydrogens is 316 g/mol. The van der Waals surface area contributed by atoms with Gasteiger partial charge in [-0.3, -0.25) is 19.5 Å². The summed E-state index contributed by atoms with van der Waals surface area (Å²) in [7, 11) is 1.71. The minimum atomic E-state index is -0.0776. The number of imide groups is 1. The maximum absolute atomic E-state index is 11.8. The molecule has 0 aliphatic carbocycles. The number of nitrogens with zero attached hydrogens (tertiary/aromatic N) is 2. The molecule has 6 nitrogen and oxygen atoms in total. The zero-order valence-corrected chi connectivity index (χ0v) is 15.3. The van der Waals surface area contributed by atoms with Crippen LogP contribution in [0.3, 0.4) is 0 Å². The lowest BCUT2D eigenvalue weighted by atomic mass is 9.85. The van der Waals surface area contributed by atoms with Crippen LogP contribution in [0.1, 0.15) is 38.7 Å². The standard InChI is InChI=1S/C19H28N4O2/c1-19(2,15-8-5-4-6-9-15)14-22-18(20-3)21-12-13-23-16(24)10-7-11-17(23)25/h4-6,8-9H,7,10-14H2,1-3H3,(H2,20,21,22). The van der Waals surface area contributed by atoms with E-state index in [0.717, 1.165) is 6.54 Å². The van der Waals surface area contributed by atoms with Gasteiger partial charge in [-0.25, -0.2) is 0 Å². The van der Waals surface area contributed by atoms with Crippen LogP contribution in [0.5, 0.6) is 0 Å². The van der Waals surface area contributed by atoms with E-state index in [4.69, 9.17) is 0 Å². The predicted octanol–water partition coefficient (Wildman–Crippen LogP) is 1.67. The van der Waals surface area contributed by atoms with Gasteiger partial charge in [0.15, 0.2) is 5.96 Å². The fourth-order valence-electron chi connectivity index (χ4n) is 2.85. The summed E-state index contributed by atoms with van der Waals surface area (Å²) in [6, 6.07) is 10.3. The maximum atomic E-state index is 11.8. The van der Waals surface area contributed by atoms with E-state index < -0.39 is 0 Å². The van der Waals surface area contributed by atoms with E-state index in [-0.39, 0.29) is 17.2 Å². The number of likely N-dealkylation sites (tertiary alicyclic amines) is 1. The van der Waals surface area contributed by atoms with Gasteiger partial charge in [0.25, 0.3) is 0 Å². The first-order valence-corrected chi connectivity index (χ1v) is 8.77. The Morgan fingerprint density at radius 1 is 1.12 bits per heavy atom. The molecular formula is C19H28N4O2. The second kappa shape index (κ2) is 8.65. The molecule has 1 saturated heterocycles. The van der Waals surface area contributed by atoms with Crippen LogP contribution in [0.25, 0.3) is 0 Å². The molecule has 1 fully saturated rings. The lowest BCUT2D eigenvalue weighted by molar-refractivity contribution is -0.147. The largest absolute Gasteiger partial charge is 0.356 e. The number of amides is 2. The van der Waals surface area contributed by atoms with Crippen molar-refractivity contribution in [3.63, 3.8) is 0 Å². The zero-order chi connectivity index (χ0) is 18.3. The molecule has 0 atom stereocenters. The molecule has 25 heavy (non-hydrogen) atoms. The third-order valence-corrected chi connectivity index (χ3v) is 4.49. The molecule has 1 aliphatic heterocycles. The summed E-state index contributed by atoms with van der Waals surface area (Å²) in [5, 5.41) is 6.49. The van der Waals surface area contributed by atoms with Crippen molar-refractivity contribution >= 4 is 17.8 Å². The van der Waals surface area contributed by atoms with E-state index in [1.165, 1.54) is 10.5 Å². The molecule has 1 aliphatic rings. The number of guanidine groups is 1. The molecule has 2 rings (SSSR count). The van der Waals surface area contributed by atoms with Gasteiger partial charge in [-0.05, 0) is 12.0 Å². The highest BCUT2D eigenvalue weighted by Gasteiger charge is 2.25. The van der Waals surface area contributed by atoms with Gasteiger partial charge in [-0.15, -0.1) is 0 Å². The highest BCUT2D eigenvalue weighted by atomic mass is 16.2. The molecule has 0 unspecified atom stereocenters. The van der Waals surface area contributed by atoms with E-state index in [9.17, 15) is 9.59 Å². The van der Waals surface area contributed by atoms with E-state index in [1.807, 2.05) is 18.2 Å².